The van der Waals surface area contributed by atoms with Crippen LogP contribution in [0, 0.1) is 11.8 Å². The molecule has 13 heavy (non-hydrogen) atoms. The molecule has 0 atom stereocenters. The van der Waals surface area contributed by atoms with Gasteiger partial charge in [-0.1, -0.05) is 0 Å². The van der Waals surface area contributed by atoms with E-state index in [4.69, 9.17) is 0 Å². The largest absolute Gasteiger partial charge is 1.00 e. The standard InChI is InChI=1S/C11H23Te.BrH/c1-6-7-12(8-10(2)3)9-11(4)5;/h6,10-11H,1,7-9H2,2-5H3;1H/q+1;/p-1. The van der Waals surface area contributed by atoms with E-state index < -0.39 is 19.6 Å². The Bertz CT molecular complexity index is 111. The zero-order valence-corrected chi connectivity index (χ0v) is 13.3. The molecule has 0 N–H and O–H groups in total. The first-order valence-corrected chi connectivity index (χ1v) is 9.75. The van der Waals surface area contributed by atoms with Crippen LogP contribution in [0.5, 0.6) is 0 Å². The van der Waals surface area contributed by atoms with E-state index in [0.29, 0.717) is 0 Å². The molecular formula is C11H23BrTe. The average molecular weight is 363 g/mol. The Morgan fingerprint density at radius 2 is 1.46 bits per heavy atom. The van der Waals surface area contributed by atoms with Crippen LogP contribution in [0.2, 0.25) is 13.4 Å². The van der Waals surface area contributed by atoms with Gasteiger partial charge in [0, 0.05) is 0 Å². The first kappa shape index (κ1) is 16.4. The molecule has 0 radical (unpaired) electrons. The molecule has 0 saturated carbocycles. The molecule has 0 saturated heterocycles. The van der Waals surface area contributed by atoms with Crippen LogP contribution < -0.4 is 17.0 Å². The zero-order chi connectivity index (χ0) is 9.56. The van der Waals surface area contributed by atoms with Crippen molar-refractivity contribution < 1.29 is 17.0 Å². The van der Waals surface area contributed by atoms with Crippen LogP contribution >= 0.6 is 0 Å². The van der Waals surface area contributed by atoms with Crippen LogP contribution in [-0.4, -0.2) is 19.6 Å². The molecule has 0 fully saturated rings. The molecule has 0 bridgehead atoms. The van der Waals surface area contributed by atoms with Crippen molar-refractivity contribution in [3.05, 3.63) is 12.7 Å². The molecule has 2 heteroatoms. The van der Waals surface area contributed by atoms with E-state index in [1.807, 2.05) is 0 Å². The Balaban J connectivity index is 0. The summed E-state index contributed by atoms with van der Waals surface area (Å²) < 4.78 is 4.40. The summed E-state index contributed by atoms with van der Waals surface area (Å²) in [6, 6.07) is 0. The third-order valence-electron chi connectivity index (χ3n) is 1.49. The molecule has 0 heterocycles. The summed E-state index contributed by atoms with van der Waals surface area (Å²) in [5.74, 6) is 1.81. The van der Waals surface area contributed by atoms with Crippen LogP contribution in [0.1, 0.15) is 27.7 Å². The van der Waals surface area contributed by atoms with Gasteiger partial charge in [-0.15, -0.1) is 0 Å². The Morgan fingerprint density at radius 3 is 1.69 bits per heavy atom. The molecule has 0 aliphatic rings. The fourth-order valence-corrected chi connectivity index (χ4v) is 8.81. The first-order valence-electron chi connectivity index (χ1n) is 4.81. The molecule has 0 spiro atoms. The van der Waals surface area contributed by atoms with Crippen molar-refractivity contribution in [2.45, 2.75) is 41.1 Å². The Hall–Kier alpha value is 1.01. The molecule has 0 nitrogen and oxygen atoms in total. The average Bonchev–Trinajstić information content (AvgIpc) is 1.84. The number of hydrogen-bond acceptors (Lipinski definition) is 0. The number of allylic oxidation sites excluding steroid dienone is 1. The molecule has 0 amide bonds. The minimum atomic E-state index is -0.766. The van der Waals surface area contributed by atoms with E-state index >= 15 is 0 Å². The second-order valence-corrected chi connectivity index (χ2v) is 10.5. The predicted octanol–water partition coefficient (Wildman–Crippen LogP) is 0.983. The van der Waals surface area contributed by atoms with Gasteiger partial charge in [0.25, 0.3) is 0 Å². The summed E-state index contributed by atoms with van der Waals surface area (Å²) in [5, 5.41) is 0. The SMILES string of the molecule is C=CC[Te+](CC(C)C)CC(C)C.[Br-]. The number of hydrogen-bond donors (Lipinski definition) is 0. The molecule has 0 aliphatic heterocycles. The molecule has 0 unspecified atom stereocenters. The van der Waals surface area contributed by atoms with Crippen LogP contribution in [0.3, 0.4) is 0 Å². The molecular weight excluding hydrogens is 340 g/mol. The van der Waals surface area contributed by atoms with Crippen molar-refractivity contribution in [3.63, 3.8) is 0 Å². The smallest absolute Gasteiger partial charge is 1.00 e. The van der Waals surface area contributed by atoms with E-state index in [-0.39, 0.29) is 17.0 Å². The maximum Gasteiger partial charge on any atom is -1.00 e. The van der Waals surface area contributed by atoms with Crippen LogP contribution in [-0.2, 0) is 0 Å². The van der Waals surface area contributed by atoms with E-state index in [1.165, 1.54) is 13.4 Å². The van der Waals surface area contributed by atoms with E-state index in [1.54, 1.807) is 0 Å². The monoisotopic (exact) mass is 364 g/mol. The van der Waals surface area contributed by atoms with E-state index in [0.717, 1.165) is 11.8 Å². The Labute approximate surface area is 102 Å². The topological polar surface area (TPSA) is 0 Å². The van der Waals surface area contributed by atoms with Gasteiger partial charge in [-0.2, -0.15) is 0 Å². The minimum Gasteiger partial charge on any atom is -1.00 e. The predicted molar refractivity (Wildman–Crippen MR) is 60.0 cm³/mol. The van der Waals surface area contributed by atoms with E-state index in [2.05, 4.69) is 40.3 Å². The molecule has 0 aromatic carbocycles. The van der Waals surface area contributed by atoms with Crippen LogP contribution in [0.15, 0.2) is 12.7 Å². The second kappa shape index (κ2) is 9.56. The normalized spacial score (nSPS) is 10.7. The zero-order valence-electron chi connectivity index (χ0n) is 9.35. The second-order valence-electron chi connectivity index (χ2n) is 4.19. The molecule has 0 aromatic rings. The first-order chi connectivity index (χ1) is 5.56. The third-order valence-corrected chi connectivity index (χ3v) is 10.0. The maximum absolute atomic E-state index is 3.86. The van der Waals surface area contributed by atoms with Gasteiger partial charge in [-0.25, -0.2) is 0 Å². The molecule has 80 valence electrons. The Kier molecular flexibility index (Phi) is 12.1. The van der Waals surface area contributed by atoms with Crippen LogP contribution in [0.25, 0.3) is 0 Å². The molecule has 0 rings (SSSR count). The van der Waals surface area contributed by atoms with Crippen molar-refractivity contribution >= 4 is 19.6 Å². The van der Waals surface area contributed by atoms with Gasteiger partial charge in [0.1, 0.15) is 0 Å². The quantitative estimate of drug-likeness (QED) is 0.488. The Morgan fingerprint density at radius 1 is 1.08 bits per heavy atom. The molecule has 0 aliphatic carbocycles. The number of rotatable bonds is 6. The van der Waals surface area contributed by atoms with Gasteiger partial charge < -0.3 is 17.0 Å². The van der Waals surface area contributed by atoms with Crippen molar-refractivity contribution in [1.82, 2.24) is 0 Å². The van der Waals surface area contributed by atoms with Gasteiger partial charge in [-0.05, 0) is 0 Å². The van der Waals surface area contributed by atoms with Crippen molar-refractivity contribution in [2.24, 2.45) is 11.8 Å². The van der Waals surface area contributed by atoms with Crippen molar-refractivity contribution in [2.75, 3.05) is 0 Å². The van der Waals surface area contributed by atoms with Crippen molar-refractivity contribution in [1.29, 1.82) is 0 Å². The van der Waals surface area contributed by atoms with Gasteiger partial charge in [0.15, 0.2) is 0 Å². The fourth-order valence-electron chi connectivity index (χ4n) is 1.31. The minimum absolute atomic E-state index is 0. The van der Waals surface area contributed by atoms with Gasteiger partial charge in [0.05, 0.1) is 0 Å². The van der Waals surface area contributed by atoms with Crippen LogP contribution in [0.4, 0.5) is 0 Å². The summed E-state index contributed by atoms with van der Waals surface area (Å²) >= 11 is -0.766. The summed E-state index contributed by atoms with van der Waals surface area (Å²) in [5.41, 5.74) is 0. The summed E-state index contributed by atoms with van der Waals surface area (Å²) in [7, 11) is 0. The third kappa shape index (κ3) is 10.9. The number of halogens is 1. The van der Waals surface area contributed by atoms with Gasteiger partial charge in [0.2, 0.25) is 0 Å². The summed E-state index contributed by atoms with van der Waals surface area (Å²) in [6.45, 7) is 13.2. The van der Waals surface area contributed by atoms with Crippen molar-refractivity contribution in [3.8, 4) is 0 Å². The fraction of sp³-hybridized carbons (Fsp3) is 0.818. The van der Waals surface area contributed by atoms with Gasteiger partial charge in [-0.3, -0.25) is 0 Å². The summed E-state index contributed by atoms with van der Waals surface area (Å²) in [6.07, 6.45) is 2.14. The van der Waals surface area contributed by atoms with E-state index in [9.17, 15) is 0 Å². The molecule has 0 aromatic heterocycles. The van der Waals surface area contributed by atoms with Gasteiger partial charge >= 0.3 is 85.1 Å². The maximum atomic E-state index is 3.86. The summed E-state index contributed by atoms with van der Waals surface area (Å²) in [4.78, 5) is 0.